The summed E-state index contributed by atoms with van der Waals surface area (Å²) in [6, 6.07) is 8.49. The lowest BCUT2D eigenvalue weighted by molar-refractivity contribution is -0.127. The molecule has 0 aliphatic heterocycles. The Morgan fingerprint density at radius 1 is 1.37 bits per heavy atom. The van der Waals surface area contributed by atoms with Gasteiger partial charge < -0.3 is 13.9 Å². The van der Waals surface area contributed by atoms with E-state index in [9.17, 15) is 4.79 Å². The maximum absolute atomic E-state index is 12.5. The minimum absolute atomic E-state index is 0.0548. The van der Waals surface area contributed by atoms with Crippen molar-refractivity contribution in [2.45, 2.75) is 43.9 Å². The Morgan fingerprint density at radius 2 is 2.22 bits per heavy atom. The molecule has 6 nitrogen and oxygen atoms in total. The van der Waals surface area contributed by atoms with Crippen LogP contribution in [0.25, 0.3) is 0 Å². The Balaban J connectivity index is 1.39. The summed E-state index contributed by atoms with van der Waals surface area (Å²) < 4.78 is 7.78. The van der Waals surface area contributed by atoms with Gasteiger partial charge in [0.05, 0.1) is 12.3 Å². The number of carbonyl (C=O) groups is 1. The number of thioether (sulfide) groups is 1. The lowest BCUT2D eigenvalue weighted by Crippen LogP contribution is -2.27. The van der Waals surface area contributed by atoms with E-state index < -0.39 is 0 Å². The van der Waals surface area contributed by atoms with Crippen LogP contribution in [-0.4, -0.2) is 38.4 Å². The smallest absolute Gasteiger partial charge is 0.233 e. The zero-order valence-corrected chi connectivity index (χ0v) is 17.1. The Morgan fingerprint density at radius 3 is 2.89 bits per heavy atom. The number of aromatic nitrogens is 3. The second kappa shape index (κ2) is 7.90. The van der Waals surface area contributed by atoms with Crippen LogP contribution in [0.5, 0.6) is 0 Å². The molecule has 1 amide bonds. The third-order valence-corrected chi connectivity index (χ3v) is 6.30. The van der Waals surface area contributed by atoms with Gasteiger partial charge in [-0.3, -0.25) is 4.79 Å². The maximum atomic E-state index is 12.5. The summed E-state index contributed by atoms with van der Waals surface area (Å²) >= 11 is 3.21. The van der Waals surface area contributed by atoms with Crippen LogP contribution in [0.1, 0.15) is 41.1 Å². The number of aryl methyl sites for hydroxylation is 1. The molecule has 1 aliphatic carbocycles. The van der Waals surface area contributed by atoms with Crippen molar-refractivity contribution in [3.63, 3.8) is 0 Å². The van der Waals surface area contributed by atoms with Crippen molar-refractivity contribution < 1.29 is 9.21 Å². The molecule has 27 heavy (non-hydrogen) atoms. The van der Waals surface area contributed by atoms with E-state index in [1.54, 1.807) is 23.3 Å². The number of hydrogen-bond donors (Lipinski definition) is 0. The highest BCUT2D eigenvalue weighted by molar-refractivity contribution is 7.99. The molecule has 8 heteroatoms. The van der Waals surface area contributed by atoms with Gasteiger partial charge in [-0.1, -0.05) is 17.8 Å². The van der Waals surface area contributed by atoms with Crippen LogP contribution in [0.2, 0.25) is 0 Å². The van der Waals surface area contributed by atoms with E-state index in [2.05, 4.69) is 32.3 Å². The van der Waals surface area contributed by atoms with Crippen LogP contribution in [0, 0.1) is 6.92 Å². The van der Waals surface area contributed by atoms with E-state index in [0.29, 0.717) is 18.3 Å². The van der Waals surface area contributed by atoms with E-state index in [0.717, 1.165) is 41.8 Å². The van der Waals surface area contributed by atoms with Crippen molar-refractivity contribution in [3.05, 3.63) is 51.9 Å². The molecule has 0 atom stereocenters. The van der Waals surface area contributed by atoms with Crippen molar-refractivity contribution in [2.75, 3.05) is 12.8 Å². The molecular formula is C19H22N4O2S2. The second-order valence-corrected chi connectivity index (χ2v) is 8.78. The summed E-state index contributed by atoms with van der Waals surface area (Å²) in [6.45, 7) is 2.38. The Hall–Kier alpha value is -2.06. The fourth-order valence-electron chi connectivity index (χ4n) is 2.92. The van der Waals surface area contributed by atoms with Crippen molar-refractivity contribution in [3.8, 4) is 0 Å². The van der Waals surface area contributed by atoms with Gasteiger partial charge >= 0.3 is 0 Å². The second-order valence-electron chi connectivity index (χ2n) is 6.81. The standard InChI is InChI=1S/C19H22N4O2S2/c1-13-5-8-15(25-13)11-22(2)18(24)12-27-19-21-20-17(23(19)14-6-7-14)10-16-4-3-9-26-16/h3-5,8-9,14H,6-7,10-12H2,1-2H3. The predicted molar refractivity (Wildman–Crippen MR) is 106 cm³/mol. The minimum atomic E-state index is 0.0548. The summed E-state index contributed by atoms with van der Waals surface area (Å²) in [7, 11) is 1.80. The van der Waals surface area contributed by atoms with Gasteiger partial charge in [0, 0.05) is 24.4 Å². The number of carbonyl (C=O) groups excluding carboxylic acids is 1. The SMILES string of the molecule is Cc1ccc(CN(C)C(=O)CSc2nnc(Cc3cccs3)n2C2CC2)o1. The van der Waals surface area contributed by atoms with Crippen molar-refractivity contribution in [2.24, 2.45) is 0 Å². The molecule has 3 heterocycles. The van der Waals surface area contributed by atoms with E-state index >= 15 is 0 Å². The normalized spacial score (nSPS) is 13.9. The molecule has 4 rings (SSSR count). The molecule has 0 N–H and O–H groups in total. The first-order chi connectivity index (χ1) is 13.1. The van der Waals surface area contributed by atoms with E-state index in [1.165, 1.54) is 16.6 Å². The van der Waals surface area contributed by atoms with Crippen LogP contribution in [0.3, 0.4) is 0 Å². The number of thiophene rings is 1. The van der Waals surface area contributed by atoms with Gasteiger partial charge in [0.1, 0.15) is 17.3 Å². The fourth-order valence-corrected chi connectivity index (χ4v) is 4.59. The van der Waals surface area contributed by atoms with Crippen LogP contribution >= 0.6 is 23.1 Å². The third-order valence-electron chi connectivity index (χ3n) is 4.50. The molecule has 0 spiro atoms. The zero-order valence-electron chi connectivity index (χ0n) is 15.4. The average Bonchev–Trinajstić information content (AvgIpc) is 3.03. The van der Waals surface area contributed by atoms with Gasteiger partial charge in [-0.05, 0) is 43.3 Å². The van der Waals surface area contributed by atoms with Crippen LogP contribution in [0.15, 0.2) is 39.2 Å². The largest absolute Gasteiger partial charge is 0.464 e. The predicted octanol–water partition coefficient (Wildman–Crippen LogP) is 3.92. The molecular weight excluding hydrogens is 380 g/mol. The van der Waals surface area contributed by atoms with Crippen LogP contribution in [0.4, 0.5) is 0 Å². The van der Waals surface area contributed by atoms with Crippen molar-refractivity contribution >= 4 is 29.0 Å². The zero-order chi connectivity index (χ0) is 18.8. The van der Waals surface area contributed by atoms with E-state index in [4.69, 9.17) is 4.42 Å². The molecule has 0 unspecified atom stereocenters. The fraction of sp³-hybridized carbons (Fsp3) is 0.421. The van der Waals surface area contributed by atoms with Crippen LogP contribution < -0.4 is 0 Å². The third kappa shape index (κ3) is 4.44. The van der Waals surface area contributed by atoms with Crippen molar-refractivity contribution in [1.82, 2.24) is 19.7 Å². The molecule has 0 aromatic carbocycles. The van der Waals surface area contributed by atoms with Gasteiger partial charge in [0.25, 0.3) is 0 Å². The molecule has 0 saturated heterocycles. The van der Waals surface area contributed by atoms with Crippen molar-refractivity contribution in [1.29, 1.82) is 0 Å². The summed E-state index contributed by atoms with van der Waals surface area (Å²) in [4.78, 5) is 15.5. The quantitative estimate of drug-likeness (QED) is 0.535. The highest BCUT2D eigenvalue weighted by Crippen LogP contribution is 2.39. The lowest BCUT2D eigenvalue weighted by Gasteiger charge is -2.15. The first-order valence-corrected chi connectivity index (χ1v) is 10.8. The maximum Gasteiger partial charge on any atom is 0.233 e. The molecule has 3 aromatic heterocycles. The highest BCUT2D eigenvalue weighted by atomic mass is 32.2. The Bertz CT molecular complexity index is 912. The molecule has 1 saturated carbocycles. The minimum Gasteiger partial charge on any atom is -0.464 e. The first-order valence-electron chi connectivity index (χ1n) is 8.98. The van der Waals surface area contributed by atoms with E-state index in [1.807, 2.05) is 19.1 Å². The monoisotopic (exact) mass is 402 g/mol. The average molecular weight is 403 g/mol. The van der Waals surface area contributed by atoms with Gasteiger partial charge in [-0.25, -0.2) is 0 Å². The lowest BCUT2D eigenvalue weighted by atomic mass is 10.3. The molecule has 1 aliphatic rings. The summed E-state index contributed by atoms with van der Waals surface area (Å²) in [6.07, 6.45) is 3.12. The number of nitrogens with zero attached hydrogens (tertiary/aromatic N) is 4. The van der Waals surface area contributed by atoms with Gasteiger partial charge in [-0.2, -0.15) is 0 Å². The number of rotatable bonds is 8. The molecule has 0 radical (unpaired) electrons. The summed E-state index contributed by atoms with van der Waals surface area (Å²) in [5, 5.41) is 11.7. The molecule has 0 bridgehead atoms. The summed E-state index contributed by atoms with van der Waals surface area (Å²) in [5.74, 6) is 3.05. The molecule has 3 aromatic rings. The van der Waals surface area contributed by atoms with Gasteiger partial charge in [0.15, 0.2) is 5.16 Å². The topological polar surface area (TPSA) is 64.2 Å². The Labute approximate surface area is 166 Å². The number of hydrogen-bond acceptors (Lipinski definition) is 6. The van der Waals surface area contributed by atoms with E-state index in [-0.39, 0.29) is 5.91 Å². The highest BCUT2D eigenvalue weighted by Gasteiger charge is 2.30. The molecule has 142 valence electrons. The van der Waals surface area contributed by atoms with Gasteiger partial charge in [-0.15, -0.1) is 21.5 Å². The number of furan rings is 1. The molecule has 1 fully saturated rings. The van der Waals surface area contributed by atoms with Gasteiger partial charge in [0.2, 0.25) is 5.91 Å². The summed E-state index contributed by atoms with van der Waals surface area (Å²) in [5.41, 5.74) is 0. The van der Waals surface area contributed by atoms with Crippen LogP contribution in [-0.2, 0) is 17.8 Å². The number of amides is 1. The Kier molecular flexibility index (Phi) is 5.36. The first kappa shape index (κ1) is 18.3.